The first-order chi connectivity index (χ1) is 10.7. The Labute approximate surface area is 138 Å². The van der Waals surface area contributed by atoms with E-state index in [0.717, 1.165) is 17.0 Å². The summed E-state index contributed by atoms with van der Waals surface area (Å²) in [5.74, 6) is -1.30. The first-order valence-corrected chi connectivity index (χ1v) is 7.48. The lowest BCUT2D eigenvalue weighted by atomic mass is 10.1. The number of nitrogens with zero attached hydrogens (tertiary/aromatic N) is 1. The standard InChI is InChI=1S/C14H13BrF3NO4/c1-3-22-13(21)7(2)19-10-5-9(15)8(14(16,17)18)4-11(10)23-6-12(19)20/h4-5,7H,3,6H2,1-2H3/t7-/m0/s1. The summed E-state index contributed by atoms with van der Waals surface area (Å²) in [5, 5.41) is 0. The molecule has 0 aliphatic carbocycles. The summed E-state index contributed by atoms with van der Waals surface area (Å²) >= 11 is 2.85. The van der Waals surface area contributed by atoms with Crippen LogP contribution in [0.5, 0.6) is 5.75 Å². The number of rotatable bonds is 3. The number of carbonyl (C=O) groups is 2. The zero-order chi connectivity index (χ0) is 17.4. The van der Waals surface area contributed by atoms with Gasteiger partial charge >= 0.3 is 12.1 Å². The molecule has 0 N–H and O–H groups in total. The largest absolute Gasteiger partial charge is 0.482 e. The Morgan fingerprint density at radius 1 is 1.48 bits per heavy atom. The highest BCUT2D eigenvalue weighted by Gasteiger charge is 2.38. The van der Waals surface area contributed by atoms with Crippen LogP contribution in [0.2, 0.25) is 0 Å². The van der Waals surface area contributed by atoms with Gasteiger partial charge in [0, 0.05) is 4.47 Å². The minimum absolute atomic E-state index is 0.0849. The van der Waals surface area contributed by atoms with E-state index in [1.807, 2.05) is 0 Å². The smallest absolute Gasteiger partial charge is 0.417 e. The van der Waals surface area contributed by atoms with E-state index < -0.39 is 36.3 Å². The zero-order valence-electron chi connectivity index (χ0n) is 12.2. The van der Waals surface area contributed by atoms with E-state index in [4.69, 9.17) is 9.47 Å². The first-order valence-electron chi connectivity index (χ1n) is 6.69. The molecule has 0 saturated heterocycles. The van der Waals surface area contributed by atoms with E-state index in [1.54, 1.807) is 6.92 Å². The number of amides is 1. The maximum atomic E-state index is 12.9. The van der Waals surface area contributed by atoms with Gasteiger partial charge in [-0.25, -0.2) is 4.79 Å². The molecular weight excluding hydrogens is 383 g/mol. The number of fused-ring (bicyclic) bond motifs is 1. The Hall–Kier alpha value is -1.77. The highest BCUT2D eigenvalue weighted by Crippen LogP contribution is 2.43. The molecular formula is C14H13BrF3NO4. The van der Waals surface area contributed by atoms with E-state index in [2.05, 4.69) is 15.9 Å². The van der Waals surface area contributed by atoms with Crippen LogP contribution in [0.3, 0.4) is 0 Å². The Morgan fingerprint density at radius 3 is 2.70 bits per heavy atom. The van der Waals surface area contributed by atoms with Crippen LogP contribution in [0.1, 0.15) is 19.4 Å². The van der Waals surface area contributed by atoms with Crippen molar-refractivity contribution in [2.75, 3.05) is 18.1 Å². The zero-order valence-corrected chi connectivity index (χ0v) is 13.8. The molecule has 0 unspecified atom stereocenters. The first kappa shape index (κ1) is 17.6. The van der Waals surface area contributed by atoms with Crippen LogP contribution in [0.15, 0.2) is 16.6 Å². The van der Waals surface area contributed by atoms with Crippen LogP contribution in [0.4, 0.5) is 18.9 Å². The Balaban J connectivity index is 2.48. The number of esters is 1. The maximum Gasteiger partial charge on any atom is 0.417 e. The van der Waals surface area contributed by atoms with Crippen molar-refractivity contribution in [2.24, 2.45) is 0 Å². The number of ether oxygens (including phenoxy) is 2. The van der Waals surface area contributed by atoms with Gasteiger partial charge in [-0.2, -0.15) is 13.2 Å². The molecule has 0 radical (unpaired) electrons. The van der Waals surface area contributed by atoms with Crippen LogP contribution in [-0.2, 0) is 20.5 Å². The van der Waals surface area contributed by atoms with Crippen molar-refractivity contribution in [3.63, 3.8) is 0 Å². The van der Waals surface area contributed by atoms with Crippen LogP contribution >= 0.6 is 15.9 Å². The van der Waals surface area contributed by atoms with E-state index in [-0.39, 0.29) is 22.5 Å². The molecule has 0 fully saturated rings. The second-order valence-corrected chi connectivity index (χ2v) is 5.63. The Kier molecular flexibility index (Phi) is 4.88. The second-order valence-electron chi connectivity index (χ2n) is 4.78. The normalized spacial score (nSPS) is 15.7. The monoisotopic (exact) mass is 395 g/mol. The van der Waals surface area contributed by atoms with Gasteiger partial charge in [-0.05, 0) is 26.0 Å². The average molecular weight is 396 g/mol. The van der Waals surface area contributed by atoms with E-state index in [9.17, 15) is 22.8 Å². The molecule has 126 valence electrons. The fourth-order valence-corrected chi connectivity index (χ4v) is 2.76. The molecule has 2 rings (SSSR count). The SMILES string of the molecule is CCOC(=O)[C@H](C)N1C(=O)COc2cc(C(F)(F)F)c(Br)cc21. The predicted octanol–water partition coefficient (Wildman–Crippen LogP) is 3.14. The molecule has 0 bridgehead atoms. The third-order valence-corrected chi connectivity index (χ3v) is 3.90. The lowest BCUT2D eigenvalue weighted by molar-refractivity contribution is -0.145. The Bertz CT molecular complexity index is 648. The van der Waals surface area contributed by atoms with Crippen molar-refractivity contribution >= 4 is 33.5 Å². The second kappa shape index (κ2) is 6.38. The number of hydrogen-bond acceptors (Lipinski definition) is 4. The summed E-state index contributed by atoms with van der Waals surface area (Å²) in [6, 6.07) is 0.940. The lowest BCUT2D eigenvalue weighted by Crippen LogP contribution is -2.48. The van der Waals surface area contributed by atoms with Gasteiger partial charge in [-0.3, -0.25) is 9.69 Å². The predicted molar refractivity (Wildman–Crippen MR) is 78.2 cm³/mol. The van der Waals surface area contributed by atoms with E-state index in [0.29, 0.717) is 0 Å². The molecule has 9 heteroatoms. The third-order valence-electron chi connectivity index (χ3n) is 3.25. The van der Waals surface area contributed by atoms with Crippen molar-refractivity contribution in [1.29, 1.82) is 0 Å². The van der Waals surface area contributed by atoms with Crippen LogP contribution in [-0.4, -0.2) is 31.1 Å². The summed E-state index contributed by atoms with van der Waals surface area (Å²) in [6.07, 6.45) is -4.57. The summed E-state index contributed by atoms with van der Waals surface area (Å²) in [7, 11) is 0. The molecule has 1 atom stereocenters. The van der Waals surface area contributed by atoms with E-state index in [1.165, 1.54) is 6.92 Å². The fourth-order valence-electron chi connectivity index (χ4n) is 2.20. The molecule has 1 aliphatic rings. The molecule has 1 heterocycles. The number of halogens is 4. The highest BCUT2D eigenvalue weighted by atomic mass is 79.9. The fraction of sp³-hybridized carbons (Fsp3) is 0.429. The number of alkyl halides is 3. The van der Waals surface area contributed by atoms with Crippen LogP contribution in [0.25, 0.3) is 0 Å². The number of anilines is 1. The quantitative estimate of drug-likeness (QED) is 0.737. The molecule has 1 aromatic rings. The van der Waals surface area contributed by atoms with Crippen LogP contribution < -0.4 is 9.64 Å². The van der Waals surface area contributed by atoms with Crippen molar-refractivity contribution in [2.45, 2.75) is 26.1 Å². The van der Waals surface area contributed by atoms with E-state index >= 15 is 0 Å². The van der Waals surface area contributed by atoms with Crippen molar-refractivity contribution in [3.8, 4) is 5.75 Å². The molecule has 1 aromatic carbocycles. The van der Waals surface area contributed by atoms with Gasteiger partial charge in [-0.1, -0.05) is 15.9 Å². The van der Waals surface area contributed by atoms with Gasteiger partial charge in [0.1, 0.15) is 11.8 Å². The molecule has 0 spiro atoms. The van der Waals surface area contributed by atoms with Crippen molar-refractivity contribution < 1.29 is 32.2 Å². The number of carbonyl (C=O) groups excluding carboxylic acids is 2. The highest BCUT2D eigenvalue weighted by molar-refractivity contribution is 9.10. The number of benzene rings is 1. The summed E-state index contributed by atoms with van der Waals surface area (Å²) < 4.78 is 48.5. The van der Waals surface area contributed by atoms with Gasteiger partial charge in [-0.15, -0.1) is 0 Å². The molecule has 23 heavy (non-hydrogen) atoms. The summed E-state index contributed by atoms with van der Waals surface area (Å²) in [5.41, 5.74) is -0.837. The van der Waals surface area contributed by atoms with Gasteiger partial charge in [0.2, 0.25) is 0 Å². The van der Waals surface area contributed by atoms with Crippen LogP contribution in [0, 0.1) is 0 Å². The maximum absolute atomic E-state index is 12.9. The molecule has 0 saturated carbocycles. The summed E-state index contributed by atoms with van der Waals surface area (Å²) in [4.78, 5) is 25.0. The minimum Gasteiger partial charge on any atom is -0.482 e. The Morgan fingerprint density at radius 2 is 2.13 bits per heavy atom. The average Bonchev–Trinajstić information content (AvgIpc) is 2.45. The minimum atomic E-state index is -4.57. The molecule has 0 aromatic heterocycles. The molecule has 1 amide bonds. The van der Waals surface area contributed by atoms with Crippen molar-refractivity contribution in [3.05, 3.63) is 22.2 Å². The van der Waals surface area contributed by atoms with Gasteiger partial charge in [0.25, 0.3) is 5.91 Å². The molecule has 5 nitrogen and oxygen atoms in total. The van der Waals surface area contributed by atoms with Gasteiger partial charge in [0.15, 0.2) is 6.61 Å². The number of hydrogen-bond donors (Lipinski definition) is 0. The topological polar surface area (TPSA) is 55.8 Å². The van der Waals surface area contributed by atoms with Crippen molar-refractivity contribution in [1.82, 2.24) is 0 Å². The molecule has 1 aliphatic heterocycles. The third kappa shape index (κ3) is 3.44. The van der Waals surface area contributed by atoms with Gasteiger partial charge in [0.05, 0.1) is 17.9 Å². The lowest BCUT2D eigenvalue weighted by Gasteiger charge is -2.33. The summed E-state index contributed by atoms with van der Waals surface area (Å²) in [6.45, 7) is 2.74. The van der Waals surface area contributed by atoms with Gasteiger partial charge < -0.3 is 9.47 Å².